The van der Waals surface area contributed by atoms with Crippen LogP contribution in [0.25, 0.3) is 11.4 Å². The molecule has 39 heavy (non-hydrogen) atoms. The van der Waals surface area contributed by atoms with E-state index < -0.39 is 35.6 Å². The summed E-state index contributed by atoms with van der Waals surface area (Å²) in [6.07, 6.45) is 1.47. The van der Waals surface area contributed by atoms with Gasteiger partial charge in [-0.1, -0.05) is 18.5 Å². The summed E-state index contributed by atoms with van der Waals surface area (Å²) in [6.45, 7) is 1.24. The number of carbonyl (C=O) groups is 3. The summed E-state index contributed by atoms with van der Waals surface area (Å²) in [4.78, 5) is 39.0. The van der Waals surface area contributed by atoms with Crippen LogP contribution < -0.4 is 19.5 Å². The molecule has 14 heteroatoms. The fourth-order valence-electron chi connectivity index (χ4n) is 4.71. The molecule has 2 heterocycles. The fraction of sp³-hybridized carbons (Fsp3) is 0.280. The van der Waals surface area contributed by atoms with Gasteiger partial charge in [0.25, 0.3) is 0 Å². The minimum atomic E-state index is -1.84. The van der Waals surface area contributed by atoms with Crippen molar-refractivity contribution in [1.29, 1.82) is 0 Å². The van der Waals surface area contributed by atoms with Crippen LogP contribution in [-0.2, 0) is 16.1 Å². The van der Waals surface area contributed by atoms with Gasteiger partial charge in [-0.3, -0.25) is 14.4 Å². The van der Waals surface area contributed by atoms with E-state index in [1.165, 1.54) is 44.6 Å². The third kappa shape index (κ3) is 4.20. The van der Waals surface area contributed by atoms with Crippen molar-refractivity contribution < 1.29 is 38.8 Å². The van der Waals surface area contributed by atoms with Crippen molar-refractivity contribution in [3.05, 3.63) is 46.6 Å². The molecule has 2 unspecified atom stereocenters. The van der Waals surface area contributed by atoms with Crippen LogP contribution in [0.4, 0.5) is 5.69 Å². The van der Waals surface area contributed by atoms with Crippen molar-refractivity contribution in [1.82, 2.24) is 20.2 Å². The number of benzene rings is 2. The summed E-state index contributed by atoms with van der Waals surface area (Å²) in [5, 5.41) is 34.0. The van der Waals surface area contributed by atoms with Crippen LogP contribution >= 0.6 is 11.6 Å². The van der Waals surface area contributed by atoms with Crippen molar-refractivity contribution in [2.24, 2.45) is 5.92 Å². The Morgan fingerprint density at radius 3 is 2.67 bits per heavy atom. The second-order valence-corrected chi connectivity index (χ2v) is 9.38. The number of phenolic OH excluding ortho intramolecular Hbond substituents is 1. The van der Waals surface area contributed by atoms with E-state index in [1.807, 2.05) is 0 Å². The minimum Gasteiger partial charge on any atom is -0.506 e. The van der Waals surface area contributed by atoms with Gasteiger partial charge in [-0.05, 0) is 29.8 Å². The number of hydrogen-bond donors (Lipinski definition) is 3. The highest BCUT2D eigenvalue weighted by atomic mass is 35.5. The Morgan fingerprint density at radius 1 is 1.26 bits per heavy atom. The number of phenols is 1. The number of anilines is 1. The van der Waals surface area contributed by atoms with Crippen molar-refractivity contribution in [2.75, 3.05) is 19.5 Å². The molecule has 1 spiro atoms. The highest BCUT2D eigenvalue weighted by Crippen LogP contribution is 2.53. The molecule has 1 aromatic heterocycles. The molecule has 0 saturated heterocycles. The second-order valence-electron chi connectivity index (χ2n) is 9.00. The third-order valence-electron chi connectivity index (χ3n) is 6.59. The molecule has 202 valence electrons. The first-order valence-electron chi connectivity index (χ1n) is 11.6. The van der Waals surface area contributed by atoms with Gasteiger partial charge in [0, 0.05) is 29.3 Å². The lowest BCUT2D eigenvalue weighted by Crippen LogP contribution is -2.55. The number of aromatic hydroxyl groups is 1. The van der Waals surface area contributed by atoms with E-state index in [-0.39, 0.29) is 51.5 Å². The zero-order chi connectivity index (χ0) is 28.1. The van der Waals surface area contributed by atoms with Gasteiger partial charge in [-0.15, -0.1) is 10.2 Å². The number of Topliss-reactive ketones (excluding diaryl/α,β-unsaturated/α-hetero) is 1. The van der Waals surface area contributed by atoms with E-state index in [2.05, 4.69) is 20.7 Å². The molecule has 3 N–H and O–H groups in total. The van der Waals surface area contributed by atoms with Crippen molar-refractivity contribution >= 4 is 34.8 Å². The Kier molecular flexibility index (Phi) is 6.38. The van der Waals surface area contributed by atoms with Gasteiger partial charge in [0.1, 0.15) is 27.8 Å². The number of fused-ring (bicyclic) bond motifs is 1. The molecule has 1 aliphatic heterocycles. The summed E-state index contributed by atoms with van der Waals surface area (Å²) in [6, 6.07) is 5.93. The van der Waals surface area contributed by atoms with E-state index in [1.54, 1.807) is 6.92 Å². The molecule has 13 nitrogen and oxygen atoms in total. The normalized spacial score (nSPS) is 19.9. The topological polar surface area (TPSA) is 175 Å². The smallest absolute Gasteiger partial charge is 0.327 e. The van der Waals surface area contributed by atoms with E-state index in [0.29, 0.717) is 11.3 Å². The molecule has 3 aromatic rings. The fourth-order valence-corrected chi connectivity index (χ4v) is 4.98. The molecule has 0 saturated carbocycles. The van der Waals surface area contributed by atoms with Gasteiger partial charge < -0.3 is 29.7 Å². The van der Waals surface area contributed by atoms with E-state index in [0.717, 1.165) is 4.80 Å². The van der Waals surface area contributed by atoms with Gasteiger partial charge in [-0.2, -0.15) is 4.80 Å². The first-order chi connectivity index (χ1) is 18.6. The number of carboxylic acid groups (broad SMARTS) is 1. The maximum Gasteiger partial charge on any atom is 0.327 e. The van der Waals surface area contributed by atoms with Crippen LogP contribution in [0.15, 0.2) is 36.0 Å². The highest BCUT2D eigenvalue weighted by molar-refractivity contribution is 6.36. The number of halogens is 1. The zero-order valence-corrected chi connectivity index (χ0v) is 21.6. The van der Waals surface area contributed by atoms with Crippen molar-refractivity contribution in [3.63, 3.8) is 0 Å². The van der Waals surface area contributed by atoms with Gasteiger partial charge in [-0.25, -0.2) is 0 Å². The van der Waals surface area contributed by atoms with Crippen LogP contribution in [0.2, 0.25) is 5.02 Å². The lowest BCUT2D eigenvalue weighted by Gasteiger charge is -2.35. The third-order valence-corrected chi connectivity index (χ3v) is 6.95. The Hall–Kier alpha value is -4.65. The van der Waals surface area contributed by atoms with Crippen LogP contribution in [-0.4, -0.2) is 67.8 Å². The Labute approximate surface area is 225 Å². The largest absolute Gasteiger partial charge is 0.506 e. The molecule has 5 rings (SSSR count). The summed E-state index contributed by atoms with van der Waals surface area (Å²) in [5.41, 5.74) is -0.661. The Morgan fingerprint density at radius 2 is 2.00 bits per heavy atom. The molecule has 0 radical (unpaired) electrons. The number of ketones is 2. The summed E-state index contributed by atoms with van der Waals surface area (Å²) < 4.78 is 16.7. The Bertz CT molecular complexity index is 1570. The van der Waals surface area contributed by atoms with Gasteiger partial charge in [0.15, 0.2) is 12.3 Å². The number of methoxy groups -OCH3 is 2. The van der Waals surface area contributed by atoms with E-state index in [4.69, 9.17) is 30.9 Å². The summed E-state index contributed by atoms with van der Waals surface area (Å²) >= 11 is 6.42. The minimum absolute atomic E-state index is 0.0247. The molecule has 0 bridgehead atoms. The first-order valence-corrected chi connectivity index (χ1v) is 12.0. The van der Waals surface area contributed by atoms with Crippen LogP contribution in [0.5, 0.6) is 23.0 Å². The number of nitrogens with one attached hydrogen (secondary N) is 1. The molecule has 0 fully saturated rings. The number of hydrogen-bond acceptors (Lipinski definition) is 11. The number of tetrazole rings is 1. The average Bonchev–Trinajstić information content (AvgIpc) is 3.48. The van der Waals surface area contributed by atoms with Gasteiger partial charge in [0.05, 0.1) is 19.9 Å². The second kappa shape index (κ2) is 9.58. The number of aromatic nitrogens is 4. The lowest BCUT2D eigenvalue weighted by atomic mass is 9.74. The molecular weight excluding hydrogens is 534 g/mol. The van der Waals surface area contributed by atoms with Crippen LogP contribution in [0, 0.1) is 5.92 Å². The maximum atomic E-state index is 13.6. The first kappa shape index (κ1) is 26.0. The average molecular weight is 556 g/mol. The predicted octanol–water partition coefficient (Wildman–Crippen LogP) is 2.72. The van der Waals surface area contributed by atoms with Gasteiger partial charge >= 0.3 is 5.97 Å². The van der Waals surface area contributed by atoms with E-state index >= 15 is 0 Å². The summed E-state index contributed by atoms with van der Waals surface area (Å²) in [5.74, 6) is -2.46. The van der Waals surface area contributed by atoms with Crippen molar-refractivity contribution in [2.45, 2.75) is 25.5 Å². The number of rotatable bonds is 7. The highest BCUT2D eigenvalue weighted by Gasteiger charge is 2.60. The molecule has 2 aromatic carbocycles. The van der Waals surface area contributed by atoms with Crippen LogP contribution in [0.3, 0.4) is 0 Å². The molecule has 2 aliphatic rings. The quantitative estimate of drug-likeness (QED) is 0.287. The summed E-state index contributed by atoms with van der Waals surface area (Å²) in [7, 11) is 2.80. The standard InChI is InChI=1S/C25H22ClN5O8/c1-11-6-13(27-14-7-12(4-5-15(14)32)24-28-30-31(29-24)10-19(34)35)8-18(33)25(11)23(36)20-16(37-2)9-17(38-3)21(26)22(20)39-25/h4-5,7-9,11,27,32H,6,10H2,1-3H3,(H,34,35). The number of nitrogens with zero attached hydrogens (tertiary/aromatic N) is 4. The molecule has 1 aliphatic carbocycles. The SMILES string of the molecule is COc1cc(OC)c2c(c1Cl)OC1(C(=O)C=C(Nc3cc(-c4nnn(CC(=O)O)n4)ccc3O)CC1C)C2=O. The number of aliphatic carboxylic acids is 1. The van der Waals surface area contributed by atoms with Crippen molar-refractivity contribution in [3.8, 4) is 34.4 Å². The number of carbonyl (C=O) groups excluding carboxylic acids is 2. The van der Waals surface area contributed by atoms with Crippen LogP contribution in [0.1, 0.15) is 23.7 Å². The zero-order valence-electron chi connectivity index (χ0n) is 20.9. The van der Waals surface area contributed by atoms with Gasteiger partial charge in [0.2, 0.25) is 23.0 Å². The Balaban J connectivity index is 1.44. The lowest BCUT2D eigenvalue weighted by molar-refractivity contribution is -0.138. The molecular formula is C25H22ClN5O8. The molecule has 0 amide bonds. The molecule has 2 atom stereocenters. The number of carboxylic acids is 1. The monoisotopic (exact) mass is 555 g/mol. The number of ether oxygens (including phenoxy) is 3. The number of allylic oxidation sites excluding steroid dienone is 1. The predicted molar refractivity (Wildman–Crippen MR) is 135 cm³/mol. The van der Waals surface area contributed by atoms with E-state index in [9.17, 15) is 19.5 Å². The maximum absolute atomic E-state index is 13.6.